The van der Waals surface area contributed by atoms with Crippen molar-refractivity contribution in [2.24, 2.45) is 0 Å². The van der Waals surface area contributed by atoms with Crippen molar-refractivity contribution >= 4 is 5.78 Å². The summed E-state index contributed by atoms with van der Waals surface area (Å²) in [6.45, 7) is 3.69. The highest BCUT2D eigenvalue weighted by Crippen LogP contribution is 2.18. The minimum atomic E-state index is -0.0356. The third-order valence-corrected chi connectivity index (χ3v) is 1.77. The Labute approximate surface area is 77.6 Å². The molecule has 0 aromatic heterocycles. The number of rotatable bonds is 1. The highest BCUT2D eigenvalue weighted by atomic mass is 16.5. The predicted molar refractivity (Wildman–Crippen MR) is 50.2 cm³/mol. The first-order chi connectivity index (χ1) is 6.00. The Hall–Kier alpha value is -1.35. The van der Waals surface area contributed by atoms with E-state index in [1.165, 1.54) is 13.2 Å². The number of allylic oxidation sites excluding steroid dienone is 5. The van der Waals surface area contributed by atoms with Gasteiger partial charge in [0.1, 0.15) is 0 Å². The normalized spacial score (nSPS) is 20.0. The van der Waals surface area contributed by atoms with E-state index in [0.29, 0.717) is 11.1 Å². The second kappa shape index (κ2) is 3.58. The lowest BCUT2D eigenvalue weighted by Crippen LogP contribution is -2.12. The Balaban J connectivity index is 3.03. The van der Waals surface area contributed by atoms with Crippen molar-refractivity contribution in [1.82, 2.24) is 5.06 Å². The Morgan fingerprint density at radius 1 is 1.38 bits per heavy atom. The first-order valence-electron chi connectivity index (χ1n) is 4.05. The molecular formula is C10H13NO2. The summed E-state index contributed by atoms with van der Waals surface area (Å²) in [5.41, 5.74) is 2.24. The van der Waals surface area contributed by atoms with Crippen LogP contribution in [0.2, 0.25) is 0 Å². The van der Waals surface area contributed by atoms with Crippen LogP contribution in [0, 0.1) is 0 Å². The van der Waals surface area contributed by atoms with Crippen LogP contribution in [0.4, 0.5) is 0 Å². The summed E-state index contributed by atoms with van der Waals surface area (Å²) in [5, 5.41) is 9.84. The Bertz CT molecular complexity index is 322. The summed E-state index contributed by atoms with van der Waals surface area (Å²) >= 11 is 0. The van der Waals surface area contributed by atoms with Crippen LogP contribution in [-0.4, -0.2) is 23.1 Å². The number of carbonyl (C=O) groups is 1. The number of carbonyl (C=O) groups excluding carboxylic acids is 1. The lowest BCUT2D eigenvalue weighted by Gasteiger charge is -2.11. The van der Waals surface area contributed by atoms with Gasteiger partial charge < -0.3 is 0 Å². The summed E-state index contributed by atoms with van der Waals surface area (Å²) in [4.78, 5) is 11.5. The lowest BCUT2D eigenvalue weighted by atomic mass is 9.96. The average Bonchev–Trinajstić information content (AvgIpc) is 1.98. The van der Waals surface area contributed by atoms with E-state index in [1.54, 1.807) is 13.0 Å². The van der Waals surface area contributed by atoms with Crippen molar-refractivity contribution in [3.05, 3.63) is 35.1 Å². The van der Waals surface area contributed by atoms with E-state index in [9.17, 15) is 4.79 Å². The van der Waals surface area contributed by atoms with Crippen LogP contribution < -0.4 is 0 Å². The molecule has 0 aromatic rings. The molecule has 3 heteroatoms. The smallest absolute Gasteiger partial charge is 0.190 e. The molecule has 1 N–H and O–H groups in total. The summed E-state index contributed by atoms with van der Waals surface area (Å²) in [6, 6.07) is 0. The highest BCUT2D eigenvalue weighted by Gasteiger charge is 2.14. The lowest BCUT2D eigenvalue weighted by molar-refractivity contribution is -0.112. The zero-order valence-corrected chi connectivity index (χ0v) is 8.03. The molecule has 0 atom stereocenters. The number of hydroxylamine groups is 2. The number of ketones is 1. The van der Waals surface area contributed by atoms with Crippen molar-refractivity contribution < 1.29 is 10.0 Å². The molecule has 70 valence electrons. The molecule has 0 heterocycles. The Morgan fingerprint density at radius 2 is 2.00 bits per heavy atom. The van der Waals surface area contributed by atoms with Gasteiger partial charge >= 0.3 is 0 Å². The van der Waals surface area contributed by atoms with Gasteiger partial charge in [-0.25, -0.2) is 0 Å². The Kier molecular flexibility index (Phi) is 2.68. The van der Waals surface area contributed by atoms with Crippen molar-refractivity contribution in [1.29, 1.82) is 0 Å². The third-order valence-electron chi connectivity index (χ3n) is 1.77. The highest BCUT2D eigenvalue weighted by molar-refractivity contribution is 6.11. The van der Waals surface area contributed by atoms with Gasteiger partial charge in [-0.2, -0.15) is 0 Å². The van der Waals surface area contributed by atoms with Crippen LogP contribution in [0.1, 0.15) is 13.8 Å². The molecule has 0 bridgehead atoms. The maximum Gasteiger partial charge on any atom is 0.190 e. The van der Waals surface area contributed by atoms with E-state index in [4.69, 9.17) is 5.21 Å². The molecule has 0 aromatic carbocycles. The number of hydrogen-bond donors (Lipinski definition) is 1. The van der Waals surface area contributed by atoms with E-state index in [0.717, 1.165) is 10.6 Å². The van der Waals surface area contributed by atoms with E-state index in [-0.39, 0.29) is 5.78 Å². The fourth-order valence-electron chi connectivity index (χ4n) is 1.28. The first kappa shape index (κ1) is 9.74. The molecule has 0 aliphatic heterocycles. The molecule has 1 aliphatic rings. The van der Waals surface area contributed by atoms with Gasteiger partial charge in [0.15, 0.2) is 5.78 Å². The fourth-order valence-corrected chi connectivity index (χ4v) is 1.28. The van der Waals surface area contributed by atoms with Gasteiger partial charge in [-0.05, 0) is 31.1 Å². The Morgan fingerprint density at radius 3 is 2.54 bits per heavy atom. The molecular weight excluding hydrogens is 166 g/mol. The molecule has 0 spiro atoms. The second-order valence-corrected chi connectivity index (χ2v) is 3.20. The SMILES string of the molecule is CC1=C/C(=C\N(C)O)C(=O)C(C)=C1. The van der Waals surface area contributed by atoms with Crippen LogP contribution in [-0.2, 0) is 4.79 Å². The molecule has 0 saturated heterocycles. The molecule has 0 radical (unpaired) electrons. The number of Topliss-reactive ketones (excluding diaryl/α,β-unsaturated/α-hetero) is 1. The van der Waals surface area contributed by atoms with E-state index < -0.39 is 0 Å². The standard InChI is InChI=1S/C10H13NO2/c1-7-4-8(2)10(12)9(5-7)6-11(3)13/h4-6,13H,1-3H3/b9-6+. The van der Waals surface area contributed by atoms with Gasteiger partial charge in [-0.15, -0.1) is 0 Å². The number of hydrogen-bond acceptors (Lipinski definition) is 3. The summed E-state index contributed by atoms with van der Waals surface area (Å²) < 4.78 is 0. The number of nitrogens with zero attached hydrogens (tertiary/aromatic N) is 1. The maximum absolute atomic E-state index is 11.5. The van der Waals surface area contributed by atoms with Crippen LogP contribution in [0.3, 0.4) is 0 Å². The summed E-state index contributed by atoms with van der Waals surface area (Å²) in [5.74, 6) is -0.0356. The topological polar surface area (TPSA) is 40.5 Å². The van der Waals surface area contributed by atoms with Gasteiger partial charge in [-0.1, -0.05) is 6.08 Å². The van der Waals surface area contributed by atoms with Crippen molar-refractivity contribution in [3.63, 3.8) is 0 Å². The molecule has 0 saturated carbocycles. The molecule has 0 fully saturated rings. The van der Waals surface area contributed by atoms with E-state index >= 15 is 0 Å². The first-order valence-corrected chi connectivity index (χ1v) is 4.05. The molecule has 1 aliphatic carbocycles. The third kappa shape index (κ3) is 2.29. The summed E-state index contributed by atoms with van der Waals surface area (Å²) in [7, 11) is 1.47. The largest absolute Gasteiger partial charge is 0.289 e. The quantitative estimate of drug-likeness (QED) is 0.491. The minimum Gasteiger partial charge on any atom is -0.289 e. The minimum absolute atomic E-state index is 0.0356. The monoisotopic (exact) mass is 179 g/mol. The van der Waals surface area contributed by atoms with Crippen LogP contribution in [0.25, 0.3) is 0 Å². The van der Waals surface area contributed by atoms with Gasteiger partial charge in [0.2, 0.25) is 0 Å². The van der Waals surface area contributed by atoms with Gasteiger partial charge in [0.25, 0.3) is 0 Å². The second-order valence-electron chi connectivity index (χ2n) is 3.20. The van der Waals surface area contributed by atoms with Crippen LogP contribution in [0.15, 0.2) is 35.1 Å². The zero-order valence-electron chi connectivity index (χ0n) is 8.03. The fraction of sp³-hybridized carbons (Fsp3) is 0.300. The zero-order chi connectivity index (χ0) is 10.0. The predicted octanol–water partition coefficient (Wildman–Crippen LogP) is 1.67. The molecule has 1 rings (SSSR count). The summed E-state index contributed by atoms with van der Waals surface area (Å²) in [6.07, 6.45) is 4.99. The van der Waals surface area contributed by atoms with Crippen molar-refractivity contribution in [2.75, 3.05) is 7.05 Å². The van der Waals surface area contributed by atoms with Gasteiger partial charge in [0, 0.05) is 18.8 Å². The molecule has 13 heavy (non-hydrogen) atoms. The maximum atomic E-state index is 11.5. The van der Waals surface area contributed by atoms with Gasteiger partial charge in [-0.3, -0.25) is 15.1 Å². The molecule has 0 amide bonds. The van der Waals surface area contributed by atoms with E-state index in [2.05, 4.69) is 0 Å². The van der Waals surface area contributed by atoms with Gasteiger partial charge in [0.05, 0.1) is 0 Å². The molecule has 3 nitrogen and oxygen atoms in total. The average molecular weight is 179 g/mol. The van der Waals surface area contributed by atoms with Crippen molar-refractivity contribution in [2.45, 2.75) is 13.8 Å². The molecule has 0 unspecified atom stereocenters. The van der Waals surface area contributed by atoms with E-state index in [1.807, 2.05) is 13.0 Å². The van der Waals surface area contributed by atoms with Crippen LogP contribution >= 0.6 is 0 Å². The van der Waals surface area contributed by atoms with Crippen molar-refractivity contribution in [3.8, 4) is 0 Å². The van der Waals surface area contributed by atoms with Crippen LogP contribution in [0.5, 0.6) is 0 Å².